The van der Waals surface area contributed by atoms with Crippen molar-refractivity contribution >= 4 is 10.0 Å². The molecule has 19 heavy (non-hydrogen) atoms. The monoisotopic (exact) mass is 297 g/mol. The number of hydrogen-bond acceptors (Lipinski definition) is 3. The predicted molar refractivity (Wildman–Crippen MR) is 64.1 cm³/mol. The number of halogens is 3. The second-order valence-electron chi connectivity index (χ2n) is 4.27. The zero-order valence-electron chi connectivity index (χ0n) is 10.1. The average molecular weight is 297 g/mol. The van der Waals surface area contributed by atoms with Crippen molar-refractivity contribution in [2.75, 3.05) is 12.4 Å². The normalized spacial score (nSPS) is 14.2. The SMILES string of the molecule is CC(COc1ccc(C(F)(F)F)cc1)CS(N)(=O)=O. The van der Waals surface area contributed by atoms with E-state index in [1.807, 2.05) is 0 Å². The van der Waals surface area contributed by atoms with E-state index in [0.717, 1.165) is 12.1 Å². The number of ether oxygens (including phenoxy) is 1. The first-order chi connectivity index (χ1) is 8.58. The van der Waals surface area contributed by atoms with Crippen molar-refractivity contribution in [3.63, 3.8) is 0 Å². The third-order valence-corrected chi connectivity index (χ3v) is 3.27. The first-order valence-corrected chi connectivity index (χ1v) is 7.10. The lowest BCUT2D eigenvalue weighted by Gasteiger charge is -2.12. The standard InChI is InChI=1S/C11H14F3NO3S/c1-8(7-19(15,16)17)6-18-10-4-2-9(3-5-10)11(12,13)14/h2-5,8H,6-7H2,1H3,(H2,15,16,17). The van der Waals surface area contributed by atoms with Crippen LogP contribution in [0.3, 0.4) is 0 Å². The van der Waals surface area contributed by atoms with Crippen LogP contribution in [0.2, 0.25) is 0 Å². The minimum absolute atomic E-state index is 0.0573. The van der Waals surface area contributed by atoms with Crippen LogP contribution in [-0.2, 0) is 16.2 Å². The second kappa shape index (κ2) is 5.79. The summed E-state index contributed by atoms with van der Waals surface area (Å²) in [6.07, 6.45) is -4.39. The summed E-state index contributed by atoms with van der Waals surface area (Å²) >= 11 is 0. The second-order valence-corrected chi connectivity index (χ2v) is 5.93. The molecule has 0 saturated heterocycles. The van der Waals surface area contributed by atoms with Crippen LogP contribution in [0, 0.1) is 5.92 Å². The largest absolute Gasteiger partial charge is 0.493 e. The van der Waals surface area contributed by atoms with Gasteiger partial charge in [0.2, 0.25) is 10.0 Å². The zero-order chi connectivity index (χ0) is 14.7. The summed E-state index contributed by atoms with van der Waals surface area (Å²) in [5, 5.41) is 4.86. The number of hydrogen-bond donors (Lipinski definition) is 1. The molecule has 0 spiro atoms. The molecule has 1 aromatic rings. The highest BCUT2D eigenvalue weighted by molar-refractivity contribution is 7.89. The molecule has 8 heteroatoms. The van der Waals surface area contributed by atoms with E-state index in [1.54, 1.807) is 6.92 Å². The van der Waals surface area contributed by atoms with Crippen molar-refractivity contribution in [3.8, 4) is 5.75 Å². The van der Waals surface area contributed by atoms with Crippen molar-refractivity contribution in [1.29, 1.82) is 0 Å². The lowest BCUT2D eigenvalue weighted by atomic mass is 10.2. The van der Waals surface area contributed by atoms with Crippen LogP contribution >= 0.6 is 0 Å². The number of sulfonamides is 1. The Labute approximate surface area is 109 Å². The van der Waals surface area contributed by atoms with Gasteiger partial charge in [-0.2, -0.15) is 13.2 Å². The van der Waals surface area contributed by atoms with E-state index in [0.29, 0.717) is 0 Å². The molecule has 0 aliphatic carbocycles. The summed E-state index contributed by atoms with van der Waals surface area (Å²) in [4.78, 5) is 0. The van der Waals surface area contributed by atoms with E-state index in [2.05, 4.69) is 0 Å². The van der Waals surface area contributed by atoms with E-state index >= 15 is 0 Å². The molecular weight excluding hydrogens is 283 g/mol. The maximum absolute atomic E-state index is 12.3. The number of primary sulfonamides is 1. The Hall–Kier alpha value is -1.28. The lowest BCUT2D eigenvalue weighted by Crippen LogP contribution is -2.25. The topological polar surface area (TPSA) is 69.4 Å². The van der Waals surface area contributed by atoms with Gasteiger partial charge in [-0.15, -0.1) is 0 Å². The quantitative estimate of drug-likeness (QED) is 0.904. The van der Waals surface area contributed by atoms with E-state index in [-0.39, 0.29) is 24.0 Å². The summed E-state index contributed by atoms with van der Waals surface area (Å²) in [5.74, 6) is -0.347. The Bertz CT molecular complexity index is 511. The van der Waals surface area contributed by atoms with Gasteiger partial charge in [-0.3, -0.25) is 0 Å². The fraction of sp³-hybridized carbons (Fsp3) is 0.455. The van der Waals surface area contributed by atoms with Crippen LogP contribution < -0.4 is 9.88 Å². The van der Waals surface area contributed by atoms with E-state index < -0.39 is 21.8 Å². The van der Waals surface area contributed by atoms with Gasteiger partial charge >= 0.3 is 6.18 Å². The Morgan fingerprint density at radius 1 is 1.26 bits per heavy atom. The Morgan fingerprint density at radius 2 is 1.79 bits per heavy atom. The number of rotatable bonds is 5. The smallest absolute Gasteiger partial charge is 0.416 e. The Kier molecular flexibility index (Phi) is 4.81. The van der Waals surface area contributed by atoms with Gasteiger partial charge in [0.1, 0.15) is 5.75 Å². The molecule has 1 unspecified atom stereocenters. The number of nitrogens with two attached hydrogens (primary N) is 1. The highest BCUT2D eigenvalue weighted by atomic mass is 32.2. The van der Waals surface area contributed by atoms with Crippen LogP contribution in [0.4, 0.5) is 13.2 Å². The first kappa shape index (κ1) is 15.8. The van der Waals surface area contributed by atoms with Crippen LogP contribution in [0.1, 0.15) is 12.5 Å². The first-order valence-electron chi connectivity index (χ1n) is 5.38. The summed E-state index contributed by atoms with van der Waals surface area (Å²) in [6, 6.07) is 4.18. The van der Waals surface area contributed by atoms with E-state index in [1.165, 1.54) is 12.1 Å². The third-order valence-electron chi connectivity index (χ3n) is 2.23. The average Bonchev–Trinajstić information content (AvgIpc) is 2.23. The fourth-order valence-corrected chi connectivity index (χ4v) is 2.31. The van der Waals surface area contributed by atoms with E-state index in [4.69, 9.17) is 9.88 Å². The van der Waals surface area contributed by atoms with Gasteiger partial charge in [0.25, 0.3) is 0 Å². The molecule has 4 nitrogen and oxygen atoms in total. The van der Waals surface area contributed by atoms with Gasteiger partial charge in [0.15, 0.2) is 0 Å². The molecule has 0 aliphatic heterocycles. The highest BCUT2D eigenvalue weighted by Gasteiger charge is 2.30. The molecule has 1 rings (SSSR count). The van der Waals surface area contributed by atoms with Gasteiger partial charge < -0.3 is 4.74 Å². The summed E-state index contributed by atoms with van der Waals surface area (Å²) in [6.45, 7) is 1.68. The molecular formula is C11H14F3NO3S. The molecule has 0 amide bonds. The molecule has 0 aliphatic rings. The Morgan fingerprint density at radius 3 is 2.21 bits per heavy atom. The minimum atomic E-state index is -4.39. The maximum Gasteiger partial charge on any atom is 0.416 e. The summed E-state index contributed by atoms with van der Waals surface area (Å²) in [5.41, 5.74) is -0.766. The van der Waals surface area contributed by atoms with Gasteiger partial charge in [0.05, 0.1) is 17.9 Å². The number of alkyl halides is 3. The molecule has 2 N–H and O–H groups in total. The van der Waals surface area contributed by atoms with Gasteiger partial charge in [-0.1, -0.05) is 6.92 Å². The highest BCUT2D eigenvalue weighted by Crippen LogP contribution is 2.30. The lowest BCUT2D eigenvalue weighted by molar-refractivity contribution is -0.137. The maximum atomic E-state index is 12.3. The summed E-state index contributed by atoms with van der Waals surface area (Å²) < 4.78 is 63.7. The van der Waals surface area contributed by atoms with Gasteiger partial charge in [0, 0.05) is 5.92 Å². The number of benzene rings is 1. The molecule has 0 fully saturated rings. The minimum Gasteiger partial charge on any atom is -0.493 e. The molecule has 108 valence electrons. The van der Waals surface area contributed by atoms with Crippen molar-refractivity contribution < 1.29 is 26.3 Å². The summed E-state index contributed by atoms with van der Waals surface area (Å²) in [7, 11) is -3.58. The van der Waals surface area contributed by atoms with Crippen molar-refractivity contribution in [1.82, 2.24) is 0 Å². The molecule has 0 aromatic heterocycles. The van der Waals surface area contributed by atoms with Gasteiger partial charge in [-0.05, 0) is 24.3 Å². The predicted octanol–water partition coefficient (Wildman–Crippen LogP) is 2.01. The zero-order valence-corrected chi connectivity index (χ0v) is 11.0. The molecule has 0 bridgehead atoms. The third kappa shape index (κ3) is 5.93. The van der Waals surface area contributed by atoms with E-state index in [9.17, 15) is 21.6 Å². The van der Waals surface area contributed by atoms with Crippen molar-refractivity contribution in [2.45, 2.75) is 13.1 Å². The van der Waals surface area contributed by atoms with Crippen LogP contribution in [-0.4, -0.2) is 20.8 Å². The molecule has 0 saturated carbocycles. The molecule has 1 atom stereocenters. The molecule has 0 radical (unpaired) electrons. The van der Waals surface area contributed by atoms with Crippen molar-refractivity contribution in [2.24, 2.45) is 11.1 Å². The fourth-order valence-electron chi connectivity index (χ4n) is 1.42. The molecule has 0 heterocycles. The van der Waals surface area contributed by atoms with Gasteiger partial charge in [-0.25, -0.2) is 13.6 Å². The molecule has 1 aromatic carbocycles. The van der Waals surface area contributed by atoms with Crippen LogP contribution in [0.15, 0.2) is 24.3 Å². The Balaban J connectivity index is 2.55. The van der Waals surface area contributed by atoms with Crippen molar-refractivity contribution in [3.05, 3.63) is 29.8 Å². The van der Waals surface area contributed by atoms with Crippen LogP contribution in [0.5, 0.6) is 5.75 Å². The van der Waals surface area contributed by atoms with Crippen LogP contribution in [0.25, 0.3) is 0 Å².